The molecule has 0 N–H and O–H groups in total. The summed E-state index contributed by atoms with van der Waals surface area (Å²) in [6, 6.07) is 20.9. The Morgan fingerprint density at radius 2 is 1.66 bits per heavy atom. The Kier molecular flexibility index (Phi) is 6.45. The molecule has 0 unspecified atom stereocenters. The van der Waals surface area contributed by atoms with Crippen molar-refractivity contribution in [2.45, 2.75) is 39.2 Å². The third-order valence-electron chi connectivity index (χ3n) is 5.66. The molecular formula is C27H26N2O3. The van der Waals surface area contributed by atoms with Gasteiger partial charge in [-0.05, 0) is 43.7 Å². The van der Waals surface area contributed by atoms with Crippen LogP contribution in [-0.2, 0) is 17.6 Å². The number of hydrogen-bond donors (Lipinski definition) is 0. The van der Waals surface area contributed by atoms with Crippen molar-refractivity contribution in [3.8, 4) is 11.5 Å². The van der Waals surface area contributed by atoms with Gasteiger partial charge in [0.1, 0.15) is 5.76 Å². The van der Waals surface area contributed by atoms with Gasteiger partial charge in [-0.1, -0.05) is 42.5 Å². The molecule has 1 atom stereocenters. The number of nitrogens with zero attached hydrogens (tertiary/aromatic N) is 2. The van der Waals surface area contributed by atoms with Gasteiger partial charge in [0.15, 0.2) is 11.6 Å². The first-order valence-electron chi connectivity index (χ1n) is 10.8. The minimum atomic E-state index is -0.236. The summed E-state index contributed by atoms with van der Waals surface area (Å²) in [4.78, 5) is 29.4. The molecule has 2 aromatic carbocycles. The summed E-state index contributed by atoms with van der Waals surface area (Å²) in [5.41, 5.74) is 3.42. The average molecular weight is 427 g/mol. The summed E-state index contributed by atoms with van der Waals surface area (Å²) < 4.78 is 7.71. The number of carbonyl (C=O) groups is 2. The predicted molar refractivity (Wildman–Crippen MR) is 124 cm³/mol. The molecular weight excluding hydrogens is 400 g/mol. The normalized spacial score (nSPS) is 11.9. The highest BCUT2D eigenvalue weighted by molar-refractivity contribution is 5.96. The lowest BCUT2D eigenvalue weighted by Crippen LogP contribution is -2.18. The van der Waals surface area contributed by atoms with Crippen LogP contribution in [0.25, 0.3) is 11.5 Å². The summed E-state index contributed by atoms with van der Waals surface area (Å²) in [7, 11) is 0. The van der Waals surface area contributed by atoms with E-state index < -0.39 is 0 Å². The first kappa shape index (κ1) is 21.5. The van der Waals surface area contributed by atoms with Gasteiger partial charge in [0, 0.05) is 42.8 Å². The van der Waals surface area contributed by atoms with E-state index in [0.29, 0.717) is 30.7 Å². The van der Waals surface area contributed by atoms with Gasteiger partial charge in [-0.2, -0.15) is 0 Å². The highest BCUT2D eigenvalue weighted by Gasteiger charge is 2.17. The Labute approximate surface area is 187 Å². The summed E-state index contributed by atoms with van der Waals surface area (Å²) in [5.74, 6) is 1.50. The van der Waals surface area contributed by atoms with Crippen LogP contribution in [-0.4, -0.2) is 21.1 Å². The quantitative estimate of drug-likeness (QED) is 0.325. The number of Topliss-reactive ketones (excluding diaryl/α,β-unsaturated/α-hetero) is 2. The highest BCUT2D eigenvalue weighted by atomic mass is 16.4. The van der Waals surface area contributed by atoms with E-state index in [1.807, 2.05) is 90.6 Å². The van der Waals surface area contributed by atoms with Crippen molar-refractivity contribution in [1.29, 1.82) is 0 Å². The largest absolute Gasteiger partial charge is 0.441 e. The Morgan fingerprint density at radius 3 is 2.31 bits per heavy atom. The van der Waals surface area contributed by atoms with E-state index in [1.165, 1.54) is 0 Å². The van der Waals surface area contributed by atoms with Crippen molar-refractivity contribution in [3.63, 3.8) is 0 Å². The second-order valence-electron chi connectivity index (χ2n) is 7.97. The maximum atomic E-state index is 12.7. The van der Waals surface area contributed by atoms with Gasteiger partial charge in [-0.15, -0.1) is 0 Å². The molecule has 0 saturated carbocycles. The molecule has 0 saturated heterocycles. The Morgan fingerprint density at radius 1 is 0.969 bits per heavy atom. The number of aromatic nitrogens is 2. The number of rotatable bonds is 9. The van der Waals surface area contributed by atoms with Crippen LogP contribution in [0.1, 0.15) is 46.8 Å². The zero-order chi connectivity index (χ0) is 22.5. The van der Waals surface area contributed by atoms with Crippen molar-refractivity contribution < 1.29 is 14.0 Å². The summed E-state index contributed by atoms with van der Waals surface area (Å²) in [6.45, 7) is 3.49. The molecule has 0 spiro atoms. The van der Waals surface area contributed by atoms with E-state index in [4.69, 9.17) is 4.42 Å². The van der Waals surface area contributed by atoms with Gasteiger partial charge >= 0.3 is 0 Å². The molecule has 2 aromatic heterocycles. The zero-order valence-corrected chi connectivity index (χ0v) is 18.3. The maximum absolute atomic E-state index is 12.7. The number of benzene rings is 2. The molecule has 5 nitrogen and oxygen atoms in total. The molecule has 0 aliphatic rings. The molecule has 0 fully saturated rings. The fourth-order valence-corrected chi connectivity index (χ4v) is 3.81. The molecule has 4 aromatic rings. The SMILES string of the molecule is CC(=O)[C@H](Cc1ccc(C(=O)CCc2nc(-c3ccccc3)oc2C)cc1)n1cccc1. The van der Waals surface area contributed by atoms with E-state index in [0.717, 1.165) is 22.6 Å². The molecule has 5 heteroatoms. The zero-order valence-electron chi connectivity index (χ0n) is 18.3. The maximum Gasteiger partial charge on any atom is 0.226 e. The van der Waals surface area contributed by atoms with E-state index in [2.05, 4.69) is 4.98 Å². The van der Waals surface area contributed by atoms with Crippen molar-refractivity contribution >= 4 is 11.6 Å². The topological polar surface area (TPSA) is 65.1 Å². The van der Waals surface area contributed by atoms with E-state index in [1.54, 1.807) is 6.92 Å². The lowest BCUT2D eigenvalue weighted by molar-refractivity contribution is -0.120. The van der Waals surface area contributed by atoms with Crippen LogP contribution >= 0.6 is 0 Å². The van der Waals surface area contributed by atoms with Crippen LogP contribution in [0.4, 0.5) is 0 Å². The van der Waals surface area contributed by atoms with Gasteiger partial charge < -0.3 is 8.98 Å². The number of carbonyl (C=O) groups excluding carboxylic acids is 2. The van der Waals surface area contributed by atoms with Crippen LogP contribution in [0.3, 0.4) is 0 Å². The predicted octanol–water partition coefficient (Wildman–Crippen LogP) is 5.64. The van der Waals surface area contributed by atoms with Crippen molar-refractivity contribution in [1.82, 2.24) is 9.55 Å². The molecule has 0 amide bonds. The van der Waals surface area contributed by atoms with Gasteiger partial charge in [0.05, 0.1) is 11.7 Å². The summed E-state index contributed by atoms with van der Waals surface area (Å²) >= 11 is 0. The standard InChI is InChI=1S/C27H26N2O3/c1-19(30)25(29-16-6-7-17-29)18-21-10-12-22(13-11-21)26(31)15-14-24-20(2)32-27(28-24)23-8-4-3-5-9-23/h3-13,16-17,25H,14-15,18H2,1-2H3/t25-/m0/s1. The molecule has 32 heavy (non-hydrogen) atoms. The van der Waals surface area contributed by atoms with Gasteiger partial charge in [0.25, 0.3) is 0 Å². The molecule has 0 radical (unpaired) electrons. The molecule has 2 heterocycles. The smallest absolute Gasteiger partial charge is 0.226 e. The Hall–Kier alpha value is -3.73. The van der Waals surface area contributed by atoms with Gasteiger partial charge in [-0.3, -0.25) is 9.59 Å². The van der Waals surface area contributed by atoms with E-state index in [9.17, 15) is 9.59 Å². The van der Waals surface area contributed by atoms with E-state index in [-0.39, 0.29) is 17.6 Å². The van der Waals surface area contributed by atoms with E-state index >= 15 is 0 Å². The number of hydrogen-bond acceptors (Lipinski definition) is 4. The lowest BCUT2D eigenvalue weighted by Gasteiger charge is -2.16. The summed E-state index contributed by atoms with van der Waals surface area (Å²) in [6.07, 6.45) is 5.29. The van der Waals surface area contributed by atoms with Crippen molar-refractivity contribution in [3.05, 3.63) is 102 Å². The molecule has 0 bridgehead atoms. The van der Waals surface area contributed by atoms with Crippen LogP contribution in [0.2, 0.25) is 0 Å². The Balaban J connectivity index is 1.38. The average Bonchev–Trinajstić information content (AvgIpc) is 3.46. The molecule has 0 aliphatic heterocycles. The molecule has 0 aliphatic carbocycles. The van der Waals surface area contributed by atoms with Gasteiger partial charge in [-0.25, -0.2) is 4.98 Å². The van der Waals surface area contributed by atoms with Crippen molar-refractivity contribution in [2.24, 2.45) is 0 Å². The number of ketones is 2. The van der Waals surface area contributed by atoms with Crippen LogP contribution < -0.4 is 0 Å². The van der Waals surface area contributed by atoms with Crippen LogP contribution in [0.15, 0.2) is 83.5 Å². The van der Waals surface area contributed by atoms with Crippen LogP contribution in [0, 0.1) is 6.92 Å². The first-order valence-corrected chi connectivity index (χ1v) is 10.8. The minimum Gasteiger partial charge on any atom is -0.441 e. The lowest BCUT2D eigenvalue weighted by atomic mass is 9.99. The minimum absolute atomic E-state index is 0.0636. The third-order valence-corrected chi connectivity index (χ3v) is 5.66. The fraction of sp³-hybridized carbons (Fsp3) is 0.222. The second kappa shape index (κ2) is 9.60. The third kappa shape index (κ3) is 4.94. The molecule has 4 rings (SSSR count). The number of aryl methyl sites for hydroxylation is 2. The second-order valence-corrected chi connectivity index (χ2v) is 7.97. The van der Waals surface area contributed by atoms with Crippen LogP contribution in [0.5, 0.6) is 0 Å². The summed E-state index contributed by atoms with van der Waals surface area (Å²) in [5, 5.41) is 0. The van der Waals surface area contributed by atoms with Gasteiger partial charge in [0.2, 0.25) is 5.89 Å². The monoisotopic (exact) mass is 426 g/mol. The fourth-order valence-electron chi connectivity index (χ4n) is 3.81. The van der Waals surface area contributed by atoms with Crippen molar-refractivity contribution in [2.75, 3.05) is 0 Å². The highest BCUT2D eigenvalue weighted by Crippen LogP contribution is 2.23. The number of oxazole rings is 1. The first-order chi connectivity index (χ1) is 15.5. The Bertz CT molecular complexity index is 1190. The molecule has 162 valence electrons.